The van der Waals surface area contributed by atoms with E-state index in [0.717, 1.165) is 5.92 Å². The minimum absolute atomic E-state index is 0.121. The molecule has 1 heterocycles. The molecule has 1 aromatic heterocycles. The second-order valence-electron chi connectivity index (χ2n) is 5.99. The minimum Gasteiger partial charge on any atom is -0.256 e. The molecule has 19 heavy (non-hydrogen) atoms. The van der Waals surface area contributed by atoms with Gasteiger partial charge in [0, 0.05) is 17.2 Å². The Labute approximate surface area is 115 Å². The van der Waals surface area contributed by atoms with Gasteiger partial charge in [-0.15, -0.1) is 0 Å². The quantitative estimate of drug-likeness (QED) is 0.763. The highest BCUT2D eigenvalue weighted by Gasteiger charge is 2.40. The van der Waals surface area contributed by atoms with Crippen molar-refractivity contribution < 1.29 is 0 Å². The first-order valence-corrected chi connectivity index (χ1v) is 7.22. The SMILES string of the molecule is CCC(C)CC1(C)c2ccccc2-c2ncccc21. The monoisotopic (exact) mass is 251 g/mol. The van der Waals surface area contributed by atoms with Crippen molar-refractivity contribution in [1.82, 2.24) is 4.98 Å². The molecule has 98 valence electrons. The van der Waals surface area contributed by atoms with Crippen molar-refractivity contribution >= 4 is 0 Å². The van der Waals surface area contributed by atoms with E-state index in [0.29, 0.717) is 0 Å². The van der Waals surface area contributed by atoms with Crippen LogP contribution in [0.1, 0.15) is 44.7 Å². The second kappa shape index (κ2) is 4.48. The van der Waals surface area contributed by atoms with Crippen molar-refractivity contribution in [2.24, 2.45) is 5.92 Å². The van der Waals surface area contributed by atoms with Gasteiger partial charge in [-0.1, -0.05) is 57.5 Å². The Morgan fingerprint density at radius 1 is 1.11 bits per heavy atom. The number of hydrogen-bond donors (Lipinski definition) is 0. The van der Waals surface area contributed by atoms with Gasteiger partial charge in [0.05, 0.1) is 5.69 Å². The van der Waals surface area contributed by atoms with Gasteiger partial charge in [-0.2, -0.15) is 0 Å². The number of aromatic nitrogens is 1. The standard InChI is InChI=1S/C18H21N/c1-4-13(2)12-18(3)15-9-6-5-8-14(15)17-16(18)10-7-11-19-17/h5-11,13H,4,12H2,1-3H3. The lowest BCUT2D eigenvalue weighted by atomic mass is 9.73. The normalized spacial score (nSPS) is 21.8. The van der Waals surface area contributed by atoms with Crippen LogP contribution in [0.15, 0.2) is 42.6 Å². The van der Waals surface area contributed by atoms with Crippen molar-refractivity contribution in [3.63, 3.8) is 0 Å². The first-order chi connectivity index (χ1) is 9.16. The number of benzene rings is 1. The highest BCUT2D eigenvalue weighted by atomic mass is 14.7. The first kappa shape index (κ1) is 12.4. The number of rotatable bonds is 3. The van der Waals surface area contributed by atoms with E-state index in [9.17, 15) is 0 Å². The summed E-state index contributed by atoms with van der Waals surface area (Å²) < 4.78 is 0. The smallest absolute Gasteiger partial charge is 0.0745 e. The Hall–Kier alpha value is -1.63. The maximum Gasteiger partial charge on any atom is 0.0745 e. The minimum atomic E-state index is 0.121. The molecule has 2 aromatic rings. The second-order valence-corrected chi connectivity index (χ2v) is 5.99. The van der Waals surface area contributed by atoms with Gasteiger partial charge in [0.15, 0.2) is 0 Å². The summed E-state index contributed by atoms with van der Waals surface area (Å²) in [6, 6.07) is 13.1. The molecule has 0 saturated carbocycles. The average Bonchev–Trinajstić information content (AvgIpc) is 2.70. The topological polar surface area (TPSA) is 12.9 Å². The summed E-state index contributed by atoms with van der Waals surface area (Å²) in [5.74, 6) is 0.726. The molecule has 1 aliphatic carbocycles. The summed E-state index contributed by atoms with van der Waals surface area (Å²) in [6.07, 6.45) is 4.33. The Bertz CT molecular complexity index is 555. The molecule has 0 spiro atoms. The average molecular weight is 251 g/mol. The van der Waals surface area contributed by atoms with Crippen LogP contribution >= 0.6 is 0 Å². The Kier molecular flexibility index (Phi) is 2.93. The molecule has 0 saturated heterocycles. The molecule has 0 aliphatic heterocycles. The lowest BCUT2D eigenvalue weighted by Gasteiger charge is -2.30. The van der Waals surface area contributed by atoms with Gasteiger partial charge in [0.1, 0.15) is 0 Å². The Morgan fingerprint density at radius 2 is 1.84 bits per heavy atom. The Morgan fingerprint density at radius 3 is 2.63 bits per heavy atom. The number of nitrogens with zero attached hydrogens (tertiary/aromatic N) is 1. The summed E-state index contributed by atoms with van der Waals surface area (Å²) in [6.45, 7) is 7.01. The molecule has 3 rings (SSSR count). The van der Waals surface area contributed by atoms with E-state index in [1.807, 2.05) is 6.20 Å². The van der Waals surface area contributed by atoms with Gasteiger partial charge in [0.25, 0.3) is 0 Å². The summed E-state index contributed by atoms with van der Waals surface area (Å²) in [4.78, 5) is 4.63. The molecule has 2 atom stereocenters. The van der Waals surface area contributed by atoms with E-state index >= 15 is 0 Å². The van der Waals surface area contributed by atoms with Crippen LogP contribution in [0.4, 0.5) is 0 Å². The fraction of sp³-hybridized carbons (Fsp3) is 0.389. The lowest BCUT2D eigenvalue weighted by molar-refractivity contribution is 0.401. The van der Waals surface area contributed by atoms with Crippen LogP contribution in [-0.2, 0) is 5.41 Å². The van der Waals surface area contributed by atoms with Crippen molar-refractivity contribution in [1.29, 1.82) is 0 Å². The van der Waals surface area contributed by atoms with E-state index in [4.69, 9.17) is 0 Å². The molecule has 0 radical (unpaired) electrons. The summed E-state index contributed by atoms with van der Waals surface area (Å²) in [5, 5.41) is 0. The fourth-order valence-electron chi connectivity index (χ4n) is 3.44. The zero-order chi connectivity index (χ0) is 13.5. The molecule has 1 heteroatoms. The van der Waals surface area contributed by atoms with Crippen molar-refractivity contribution in [2.45, 2.75) is 39.0 Å². The zero-order valence-corrected chi connectivity index (χ0v) is 12.0. The van der Waals surface area contributed by atoms with E-state index in [-0.39, 0.29) is 5.41 Å². The van der Waals surface area contributed by atoms with Crippen LogP contribution < -0.4 is 0 Å². The molecule has 0 N–H and O–H groups in total. The summed E-state index contributed by atoms with van der Waals surface area (Å²) in [7, 11) is 0. The maximum atomic E-state index is 4.63. The van der Waals surface area contributed by atoms with Crippen molar-refractivity contribution in [2.75, 3.05) is 0 Å². The van der Waals surface area contributed by atoms with E-state index < -0.39 is 0 Å². The molecule has 2 unspecified atom stereocenters. The highest BCUT2D eigenvalue weighted by Crippen LogP contribution is 2.50. The third-order valence-corrected chi connectivity index (χ3v) is 4.63. The number of hydrogen-bond acceptors (Lipinski definition) is 1. The molecule has 1 aliphatic rings. The number of fused-ring (bicyclic) bond motifs is 3. The first-order valence-electron chi connectivity index (χ1n) is 7.22. The van der Waals surface area contributed by atoms with Gasteiger partial charge in [-0.3, -0.25) is 4.98 Å². The highest BCUT2D eigenvalue weighted by molar-refractivity contribution is 5.77. The number of pyridine rings is 1. The largest absolute Gasteiger partial charge is 0.256 e. The third-order valence-electron chi connectivity index (χ3n) is 4.63. The van der Waals surface area contributed by atoms with Crippen LogP contribution in [-0.4, -0.2) is 4.98 Å². The van der Waals surface area contributed by atoms with Crippen LogP contribution in [0.5, 0.6) is 0 Å². The van der Waals surface area contributed by atoms with Crippen LogP contribution in [0, 0.1) is 5.92 Å². The molecule has 0 amide bonds. The zero-order valence-electron chi connectivity index (χ0n) is 12.0. The fourth-order valence-corrected chi connectivity index (χ4v) is 3.44. The molecular formula is C18H21N. The molecule has 1 aromatic carbocycles. The van der Waals surface area contributed by atoms with Gasteiger partial charge in [-0.25, -0.2) is 0 Å². The van der Waals surface area contributed by atoms with E-state index in [1.165, 1.54) is 35.2 Å². The van der Waals surface area contributed by atoms with E-state index in [1.54, 1.807) is 0 Å². The third kappa shape index (κ3) is 1.80. The van der Waals surface area contributed by atoms with Crippen LogP contribution in [0.2, 0.25) is 0 Å². The van der Waals surface area contributed by atoms with Crippen molar-refractivity contribution in [3.05, 3.63) is 53.7 Å². The lowest BCUT2D eigenvalue weighted by Crippen LogP contribution is -2.23. The van der Waals surface area contributed by atoms with Crippen LogP contribution in [0.25, 0.3) is 11.3 Å². The van der Waals surface area contributed by atoms with Gasteiger partial charge in [0.2, 0.25) is 0 Å². The predicted octanol–water partition coefficient (Wildman–Crippen LogP) is 4.80. The maximum absolute atomic E-state index is 4.63. The molecular weight excluding hydrogens is 230 g/mol. The van der Waals surface area contributed by atoms with Crippen molar-refractivity contribution in [3.8, 4) is 11.3 Å². The molecule has 1 nitrogen and oxygen atoms in total. The van der Waals surface area contributed by atoms with Crippen LogP contribution in [0.3, 0.4) is 0 Å². The molecule has 0 fully saturated rings. The van der Waals surface area contributed by atoms with E-state index in [2.05, 4.69) is 62.2 Å². The van der Waals surface area contributed by atoms with Gasteiger partial charge in [-0.05, 0) is 29.5 Å². The molecule has 0 bridgehead atoms. The Balaban J connectivity index is 2.19. The van der Waals surface area contributed by atoms with Gasteiger partial charge >= 0.3 is 0 Å². The summed E-state index contributed by atoms with van der Waals surface area (Å²) >= 11 is 0. The summed E-state index contributed by atoms with van der Waals surface area (Å²) in [5.41, 5.74) is 5.48. The van der Waals surface area contributed by atoms with Gasteiger partial charge < -0.3 is 0 Å². The predicted molar refractivity (Wildman–Crippen MR) is 80.2 cm³/mol.